The molecule has 0 aliphatic rings. The maximum absolute atomic E-state index is 10.7. The van der Waals surface area contributed by atoms with Crippen molar-refractivity contribution in [1.29, 1.82) is 0 Å². The van der Waals surface area contributed by atoms with Crippen LogP contribution in [0.1, 0.15) is 23.1 Å². The summed E-state index contributed by atoms with van der Waals surface area (Å²) in [6.45, 7) is 2.94. The van der Waals surface area contributed by atoms with Crippen LogP contribution in [0, 0.1) is 6.92 Å². The van der Waals surface area contributed by atoms with E-state index in [1.807, 2.05) is 0 Å². The fourth-order valence-corrected chi connectivity index (χ4v) is 0.646. The van der Waals surface area contributed by atoms with Gasteiger partial charge >= 0.3 is 0 Å². The van der Waals surface area contributed by atoms with E-state index >= 15 is 0 Å². The van der Waals surface area contributed by atoms with Gasteiger partial charge in [-0.3, -0.25) is 4.79 Å². The molecule has 1 aromatic heterocycles. The van der Waals surface area contributed by atoms with E-state index in [4.69, 9.17) is 5.21 Å². The van der Waals surface area contributed by atoms with Crippen molar-refractivity contribution in [2.45, 2.75) is 13.8 Å². The summed E-state index contributed by atoms with van der Waals surface area (Å²) in [5.74, 6) is -0.196. The van der Waals surface area contributed by atoms with Crippen molar-refractivity contribution >= 4 is 5.78 Å². The lowest BCUT2D eigenvalue weighted by Gasteiger charge is -1.88. The van der Waals surface area contributed by atoms with Gasteiger partial charge in [-0.1, -0.05) is 4.85 Å². The summed E-state index contributed by atoms with van der Waals surface area (Å²) in [4.78, 5) is 11.2. The molecule has 0 aromatic carbocycles. The Labute approximate surface area is 57.2 Å². The van der Waals surface area contributed by atoms with Gasteiger partial charge in [0.2, 0.25) is 0 Å². The van der Waals surface area contributed by atoms with Gasteiger partial charge in [0.15, 0.2) is 11.5 Å². The van der Waals surface area contributed by atoms with Crippen LogP contribution < -0.4 is 0 Å². The second-order valence-corrected chi connectivity index (χ2v) is 1.97. The summed E-state index contributed by atoms with van der Waals surface area (Å²) in [5, 5.41) is 15.4. The molecule has 0 saturated heterocycles. The van der Waals surface area contributed by atoms with Gasteiger partial charge < -0.3 is 5.21 Å². The molecule has 5 nitrogen and oxygen atoms in total. The summed E-state index contributed by atoms with van der Waals surface area (Å²) >= 11 is 0. The van der Waals surface area contributed by atoms with E-state index in [1.54, 1.807) is 6.92 Å². The minimum absolute atomic E-state index is 0.196. The number of carbonyl (C=O) groups is 1. The van der Waals surface area contributed by atoms with Gasteiger partial charge in [0.1, 0.15) is 5.69 Å². The molecule has 0 amide bonds. The standard InChI is InChI=1S/C5H7N3O2/c1-3-5(4(2)9)6-7-8(3)10/h10H,1-2H3. The van der Waals surface area contributed by atoms with Crippen LogP contribution in [0.15, 0.2) is 0 Å². The molecule has 0 atom stereocenters. The smallest absolute Gasteiger partial charge is 0.182 e. The number of nitrogens with zero attached hydrogens (tertiary/aromatic N) is 3. The van der Waals surface area contributed by atoms with Gasteiger partial charge in [-0.15, -0.1) is 5.10 Å². The normalized spacial score (nSPS) is 9.80. The SMILES string of the molecule is CC(=O)c1nnn(O)c1C. The van der Waals surface area contributed by atoms with Crippen LogP contribution in [0.5, 0.6) is 0 Å². The lowest BCUT2D eigenvalue weighted by Crippen LogP contribution is -1.98. The molecule has 0 radical (unpaired) electrons. The Balaban J connectivity index is 3.17. The lowest BCUT2D eigenvalue weighted by molar-refractivity contribution is 0.101. The van der Waals surface area contributed by atoms with Crippen LogP contribution >= 0.6 is 0 Å². The first-order chi connectivity index (χ1) is 4.63. The van der Waals surface area contributed by atoms with E-state index in [9.17, 15) is 4.79 Å². The lowest BCUT2D eigenvalue weighted by atomic mass is 10.3. The topological polar surface area (TPSA) is 68.0 Å². The Bertz CT molecular complexity index is 266. The van der Waals surface area contributed by atoms with Crippen molar-refractivity contribution < 1.29 is 10.0 Å². The molecule has 0 bridgehead atoms. The predicted molar refractivity (Wildman–Crippen MR) is 31.9 cm³/mol. The Morgan fingerprint density at radius 3 is 2.50 bits per heavy atom. The van der Waals surface area contributed by atoms with Crippen molar-refractivity contribution in [2.24, 2.45) is 0 Å². The molecule has 1 N–H and O–H groups in total. The van der Waals surface area contributed by atoms with Gasteiger partial charge in [-0.2, -0.15) is 0 Å². The van der Waals surface area contributed by atoms with Crippen molar-refractivity contribution in [3.05, 3.63) is 11.4 Å². The van der Waals surface area contributed by atoms with Crippen molar-refractivity contribution in [1.82, 2.24) is 15.2 Å². The molecule has 0 spiro atoms. The number of hydrogen-bond acceptors (Lipinski definition) is 4. The third kappa shape index (κ3) is 0.854. The largest absolute Gasteiger partial charge is 0.410 e. The Morgan fingerprint density at radius 2 is 2.30 bits per heavy atom. The first-order valence-electron chi connectivity index (χ1n) is 2.75. The number of aromatic nitrogens is 3. The molecule has 1 aromatic rings. The zero-order valence-corrected chi connectivity index (χ0v) is 5.70. The minimum Gasteiger partial charge on any atom is -0.410 e. The van der Waals surface area contributed by atoms with Crippen LogP contribution in [0.25, 0.3) is 0 Å². The molecule has 0 fully saturated rings. The number of carbonyl (C=O) groups excluding carboxylic acids is 1. The summed E-state index contributed by atoms with van der Waals surface area (Å²) < 4.78 is 0. The van der Waals surface area contributed by atoms with Gasteiger partial charge in [0, 0.05) is 6.92 Å². The number of rotatable bonds is 1. The molecule has 5 heteroatoms. The summed E-state index contributed by atoms with van der Waals surface area (Å²) in [6, 6.07) is 0. The molecular formula is C5H7N3O2. The second kappa shape index (κ2) is 2.09. The maximum Gasteiger partial charge on any atom is 0.182 e. The highest BCUT2D eigenvalue weighted by Crippen LogP contribution is 2.00. The van der Waals surface area contributed by atoms with E-state index < -0.39 is 0 Å². The van der Waals surface area contributed by atoms with Crippen molar-refractivity contribution in [2.75, 3.05) is 0 Å². The highest BCUT2D eigenvalue weighted by molar-refractivity contribution is 5.92. The van der Waals surface area contributed by atoms with Crippen LogP contribution in [-0.2, 0) is 0 Å². The Hall–Kier alpha value is -1.39. The fraction of sp³-hybridized carbons (Fsp3) is 0.400. The van der Waals surface area contributed by atoms with Crippen LogP contribution in [0.2, 0.25) is 0 Å². The molecule has 1 rings (SSSR count). The number of hydrogen-bond donors (Lipinski definition) is 1. The highest BCUT2D eigenvalue weighted by Gasteiger charge is 2.10. The number of Topliss-reactive ketones (excluding diaryl/α,β-unsaturated/α-hetero) is 1. The van der Waals surface area contributed by atoms with Crippen LogP contribution in [-0.4, -0.2) is 26.1 Å². The van der Waals surface area contributed by atoms with Gasteiger partial charge in [-0.25, -0.2) is 0 Å². The van der Waals surface area contributed by atoms with Gasteiger partial charge in [-0.05, 0) is 12.1 Å². The molecule has 0 aliphatic carbocycles. The molecule has 0 aliphatic heterocycles. The van der Waals surface area contributed by atoms with Gasteiger partial charge in [0.05, 0.1) is 0 Å². The van der Waals surface area contributed by atoms with Crippen LogP contribution in [0.4, 0.5) is 0 Å². The molecule has 0 saturated carbocycles. The third-order valence-corrected chi connectivity index (χ3v) is 1.21. The van der Waals surface area contributed by atoms with E-state index in [1.165, 1.54) is 6.92 Å². The van der Waals surface area contributed by atoms with Gasteiger partial charge in [0.25, 0.3) is 0 Å². The van der Waals surface area contributed by atoms with Crippen molar-refractivity contribution in [3.8, 4) is 0 Å². The first kappa shape index (κ1) is 6.73. The first-order valence-corrected chi connectivity index (χ1v) is 2.75. The average Bonchev–Trinajstić information content (AvgIpc) is 2.14. The van der Waals surface area contributed by atoms with Crippen LogP contribution in [0.3, 0.4) is 0 Å². The Morgan fingerprint density at radius 1 is 1.70 bits per heavy atom. The molecule has 10 heavy (non-hydrogen) atoms. The molecule has 0 unspecified atom stereocenters. The average molecular weight is 141 g/mol. The summed E-state index contributed by atoms with van der Waals surface area (Å²) in [6.07, 6.45) is 0. The Kier molecular flexibility index (Phi) is 1.41. The summed E-state index contributed by atoms with van der Waals surface area (Å²) in [5.41, 5.74) is 0.579. The molecular weight excluding hydrogens is 134 g/mol. The highest BCUT2D eigenvalue weighted by atomic mass is 16.5. The maximum atomic E-state index is 10.7. The summed E-state index contributed by atoms with van der Waals surface area (Å²) in [7, 11) is 0. The van der Waals surface area contributed by atoms with E-state index in [2.05, 4.69) is 10.3 Å². The zero-order valence-electron chi connectivity index (χ0n) is 5.70. The monoisotopic (exact) mass is 141 g/mol. The third-order valence-electron chi connectivity index (χ3n) is 1.21. The quantitative estimate of drug-likeness (QED) is 0.442. The minimum atomic E-state index is -0.196. The molecule has 1 heterocycles. The fourth-order valence-electron chi connectivity index (χ4n) is 0.646. The molecule has 54 valence electrons. The van der Waals surface area contributed by atoms with E-state index in [0.29, 0.717) is 10.5 Å². The predicted octanol–water partition coefficient (Wildman–Crippen LogP) is 0.0264. The number of ketones is 1. The van der Waals surface area contributed by atoms with E-state index in [0.717, 1.165) is 0 Å². The van der Waals surface area contributed by atoms with E-state index in [-0.39, 0.29) is 11.5 Å². The van der Waals surface area contributed by atoms with Crippen molar-refractivity contribution in [3.63, 3.8) is 0 Å². The second-order valence-electron chi connectivity index (χ2n) is 1.97. The zero-order chi connectivity index (χ0) is 7.72.